The maximum absolute atomic E-state index is 12.5. The molecule has 1 amide bonds. The summed E-state index contributed by atoms with van der Waals surface area (Å²) >= 11 is 40.9. The minimum atomic E-state index is -0.641. The predicted octanol–water partition coefficient (Wildman–Crippen LogP) is 20.7. The second-order valence-electron chi connectivity index (χ2n) is 20.3. The molecule has 0 aliphatic heterocycles. The van der Waals surface area contributed by atoms with Gasteiger partial charge in [-0.1, -0.05) is 87.3 Å². The molecule has 105 heavy (non-hydrogen) atoms. The first kappa shape index (κ1) is 94.5. The molecule has 20 nitrogen and oxygen atoms in total. The van der Waals surface area contributed by atoms with Crippen LogP contribution in [0.2, 0.25) is 35.4 Å². The summed E-state index contributed by atoms with van der Waals surface area (Å²) in [4.78, 5) is 65.7. The number of nitrogens with zero attached hydrogens (tertiary/aromatic N) is 12. The number of rotatable bonds is 7. The summed E-state index contributed by atoms with van der Waals surface area (Å²) in [6, 6.07) is 21.7. The largest absolute Gasteiger partial charge is 0.384 e. The third-order valence-corrected chi connectivity index (χ3v) is 14.7. The quantitative estimate of drug-likeness (QED) is 0.0334. The van der Waals surface area contributed by atoms with Gasteiger partial charge in [-0.2, -0.15) is 10.2 Å². The molecular weight excluding hydrogens is 1560 g/mol. The second-order valence-corrected chi connectivity index (χ2v) is 24.8. The topological polar surface area (TPSA) is 278 Å². The highest BCUT2D eigenvalue weighted by Gasteiger charge is 2.07. The lowest BCUT2D eigenvalue weighted by atomic mass is 10.2. The molecule has 558 valence electrons. The fraction of sp³-hybridized carbons (Fsp3) is 0.186. The lowest BCUT2D eigenvalue weighted by Crippen LogP contribution is -2.13. The number of amides is 1. The Morgan fingerprint density at radius 3 is 1.28 bits per heavy atom. The lowest BCUT2D eigenvalue weighted by Gasteiger charge is -2.01. The summed E-state index contributed by atoms with van der Waals surface area (Å²) in [6.45, 7) is 27.7. The maximum Gasteiger partial charge on any atom is 0.250 e. The van der Waals surface area contributed by atoms with Gasteiger partial charge < -0.3 is 11.5 Å². The van der Waals surface area contributed by atoms with E-state index in [2.05, 4.69) is 84.1 Å². The number of hydrogen-bond donors (Lipinski definition) is 3. The Balaban J connectivity index is 0.000000579. The second kappa shape index (κ2) is 52.5. The first-order valence-electron chi connectivity index (χ1n) is 29.5. The number of carbonyl (C=O) groups is 1. The SMILES string of the molecule is COOSc1cc(Cl)cnc1C.Cc1ccc(Cl)nc1.Cc1ccnc(N)c1.Cc1cnc(C)c(F)c1.Cc1cnc(Cl)cc1F.Cc1ncc(Cl)cc1C(N)=O.Cc1ncc(Cl)cc1F.Cc1ncc(Cl)cc1SOON.Cc1ncc(F)cc1F.Cc1ncccc1F.[C-]#[N+]c1cc(Cl)cnc1C. The molecule has 0 saturated heterocycles. The first-order chi connectivity index (χ1) is 49.5. The van der Waals surface area contributed by atoms with E-state index in [0.717, 1.165) is 79.9 Å². The average Bonchev–Trinajstić information content (AvgIpc) is 0.870. The van der Waals surface area contributed by atoms with E-state index in [-0.39, 0.29) is 34.1 Å². The number of carbonyl (C=O) groups excluding carboxylic acids is 1. The third kappa shape index (κ3) is 42.3. The highest BCUT2D eigenvalue weighted by molar-refractivity contribution is 7.94. The number of anilines is 1. The van der Waals surface area contributed by atoms with Crippen LogP contribution in [-0.4, -0.2) is 67.8 Å². The van der Waals surface area contributed by atoms with Crippen molar-refractivity contribution in [1.82, 2.24) is 54.8 Å². The van der Waals surface area contributed by atoms with E-state index in [0.29, 0.717) is 75.7 Å². The summed E-state index contributed by atoms with van der Waals surface area (Å²) in [7, 11) is 1.44. The van der Waals surface area contributed by atoms with E-state index in [4.69, 9.17) is 99.2 Å². The predicted molar refractivity (Wildman–Crippen MR) is 404 cm³/mol. The minimum absolute atomic E-state index is 0.193. The molecular formula is C70H70Cl7F6N15O5S2. The monoisotopic (exact) mass is 1620 g/mol. The first-order valence-corrected chi connectivity index (χ1v) is 33.6. The summed E-state index contributed by atoms with van der Waals surface area (Å²) < 4.78 is 83.1. The average molecular weight is 1630 g/mol. The fourth-order valence-corrected chi connectivity index (χ4v) is 8.27. The van der Waals surface area contributed by atoms with Crippen LogP contribution in [0.3, 0.4) is 0 Å². The number of aromatic nitrogens is 11. The maximum atomic E-state index is 12.5. The molecule has 0 bridgehead atoms. The van der Waals surface area contributed by atoms with Crippen molar-refractivity contribution >= 4 is 123 Å². The van der Waals surface area contributed by atoms with Gasteiger partial charge in [-0.05, 0) is 167 Å². The zero-order valence-corrected chi connectivity index (χ0v) is 65.2. The van der Waals surface area contributed by atoms with Gasteiger partial charge in [0.2, 0.25) is 5.69 Å². The number of hydrogen-bond acceptors (Lipinski definition) is 20. The van der Waals surface area contributed by atoms with Gasteiger partial charge in [0.15, 0.2) is 0 Å². The molecule has 0 fully saturated rings. The smallest absolute Gasteiger partial charge is 0.250 e. The number of aryl methyl sites for hydroxylation is 12. The lowest BCUT2D eigenvalue weighted by molar-refractivity contribution is -0.195. The van der Waals surface area contributed by atoms with Crippen LogP contribution in [0.1, 0.15) is 78.2 Å². The van der Waals surface area contributed by atoms with Gasteiger partial charge >= 0.3 is 0 Å². The number of nitrogen functional groups attached to an aromatic ring is 1. The molecule has 0 saturated carbocycles. The fourth-order valence-electron chi connectivity index (χ4n) is 6.16. The van der Waals surface area contributed by atoms with E-state index in [1.807, 2.05) is 52.8 Å². The van der Waals surface area contributed by atoms with Crippen molar-refractivity contribution in [2.75, 3.05) is 12.8 Å². The Labute approximate surface area is 648 Å². The van der Waals surface area contributed by atoms with Crippen molar-refractivity contribution < 1.29 is 49.7 Å². The van der Waals surface area contributed by atoms with Crippen molar-refractivity contribution in [2.24, 2.45) is 11.6 Å². The van der Waals surface area contributed by atoms with Gasteiger partial charge in [-0.15, -0.1) is 9.32 Å². The highest BCUT2D eigenvalue weighted by Crippen LogP contribution is 2.26. The van der Waals surface area contributed by atoms with Crippen molar-refractivity contribution in [1.29, 1.82) is 0 Å². The van der Waals surface area contributed by atoms with Crippen LogP contribution < -0.4 is 17.4 Å². The molecule has 0 unspecified atom stereocenters. The minimum Gasteiger partial charge on any atom is -0.384 e. The van der Waals surface area contributed by atoms with Crippen molar-refractivity contribution in [3.8, 4) is 0 Å². The Morgan fingerprint density at radius 2 is 0.895 bits per heavy atom. The van der Waals surface area contributed by atoms with Crippen LogP contribution in [-0.2, 0) is 18.5 Å². The van der Waals surface area contributed by atoms with Gasteiger partial charge in [-0.3, -0.25) is 44.7 Å². The molecule has 0 radical (unpaired) electrons. The van der Waals surface area contributed by atoms with Crippen LogP contribution >= 0.6 is 105 Å². The Morgan fingerprint density at radius 1 is 0.429 bits per heavy atom. The zero-order valence-electron chi connectivity index (χ0n) is 58.3. The molecule has 0 atom stereocenters. The summed E-state index contributed by atoms with van der Waals surface area (Å²) in [5.41, 5.74) is 19.4. The van der Waals surface area contributed by atoms with Crippen LogP contribution in [0.15, 0.2) is 163 Å². The molecule has 6 N–H and O–H groups in total. The van der Waals surface area contributed by atoms with Gasteiger partial charge in [0.1, 0.15) is 51.0 Å². The van der Waals surface area contributed by atoms with E-state index in [1.54, 1.807) is 109 Å². The molecule has 0 aliphatic rings. The summed E-state index contributed by atoms with van der Waals surface area (Å²) in [5.74, 6) is 2.37. The van der Waals surface area contributed by atoms with E-state index in [1.165, 1.54) is 69.2 Å². The molecule has 0 spiro atoms. The van der Waals surface area contributed by atoms with E-state index >= 15 is 0 Å². The Bertz CT molecular complexity index is 4210. The molecule has 0 aliphatic carbocycles. The normalized spacial score (nSPS) is 9.62. The molecule has 11 heterocycles. The molecule has 11 rings (SSSR count). The van der Waals surface area contributed by atoms with E-state index < -0.39 is 17.5 Å². The van der Waals surface area contributed by atoms with Crippen molar-refractivity contribution in [3.63, 3.8) is 0 Å². The summed E-state index contributed by atoms with van der Waals surface area (Å²) in [5, 5.41) is 3.14. The Kier molecular flexibility index (Phi) is 47.2. The van der Waals surface area contributed by atoms with Crippen LogP contribution in [0.25, 0.3) is 4.85 Å². The Hall–Kier alpha value is -8.48. The van der Waals surface area contributed by atoms with Crippen molar-refractivity contribution in [3.05, 3.63) is 308 Å². The van der Waals surface area contributed by atoms with Crippen LogP contribution in [0.5, 0.6) is 0 Å². The van der Waals surface area contributed by atoms with Crippen LogP contribution in [0.4, 0.5) is 37.8 Å². The zero-order chi connectivity index (χ0) is 79.3. The summed E-state index contributed by atoms with van der Waals surface area (Å²) in [6.07, 6.45) is 16.6. The third-order valence-electron chi connectivity index (χ3n) is 11.7. The molecule has 35 heteroatoms. The molecule has 0 aromatic carbocycles. The van der Waals surface area contributed by atoms with Gasteiger partial charge in [0.05, 0.1) is 119 Å². The number of pyridine rings is 11. The molecule has 11 aromatic heterocycles. The van der Waals surface area contributed by atoms with Gasteiger partial charge in [-0.25, -0.2) is 51.0 Å². The van der Waals surface area contributed by atoms with Gasteiger partial charge in [0, 0.05) is 90.4 Å². The number of nitrogens with two attached hydrogens (primary N) is 3. The van der Waals surface area contributed by atoms with E-state index in [9.17, 15) is 31.1 Å². The standard InChI is InChI=1S/C7H7ClN2O.C7H5ClN2.C7H8ClNO2S.C7H8FN.2C6H5ClFN.C6H7ClN2O2S.C6H6ClN.C6H5F2N.C6H6FN.C6H8N2/c1-4-6(7(9)11)2-5(8)3-10-4;1-5-7(9-2)3-6(8)4-10-5;1-5-7(12-11-10-2)3-6(8)4-9-5;1-5-3-7(8)6(2)9-4-5;1-4-6(8)2-5(7)3-9-4;1-4-3-9-6(7)2-5(4)8;1-4-6(12-11-10-8)2-5(7)3-9-4;1-5-2-3-6(7)8-4-5;1-4-6(8)2-5(7)3-9-4;1-5-6(7)3-2-4-8-5;1-5-2-3-8-6(7)4-5/h2-3H,1H3,(H2,9,11);3-4H,1H3;3-4H,1-2H3;3-4H,1-2H3;2*2-3H,1H3;2-3H,8H2,1H3;2-4H,1H3;2-3H,1H3;2-4H,1H3;2-4H,1H3,(H2,7,8). The number of primary amides is 1. The van der Waals surface area contributed by atoms with Crippen molar-refractivity contribution in [2.45, 2.75) is 92.9 Å². The van der Waals surface area contributed by atoms with Gasteiger partial charge in [0.25, 0.3) is 5.91 Å². The molecule has 11 aromatic rings. The number of halogens is 13. The van der Waals surface area contributed by atoms with Crippen LogP contribution in [0, 0.1) is 125 Å². The highest BCUT2D eigenvalue weighted by atomic mass is 35.5.